The van der Waals surface area contributed by atoms with Crippen molar-refractivity contribution in [1.82, 2.24) is 10.2 Å². The van der Waals surface area contributed by atoms with E-state index in [-0.39, 0.29) is 11.7 Å². The molecule has 0 unspecified atom stereocenters. The normalized spacial score (nSPS) is 15.5. The van der Waals surface area contributed by atoms with Crippen LogP contribution >= 0.6 is 11.6 Å². The fourth-order valence-corrected chi connectivity index (χ4v) is 4.06. The third-order valence-electron chi connectivity index (χ3n) is 5.36. The molecular weight excluding hydrogens is 401 g/mol. The number of nitrogens with one attached hydrogen (secondary N) is 1. The standard InChI is InChI=1S/C24H17ClFN3O/c1-14-5-7-15(8-6-14)21-20-22(28-27-21)24(30)29(19-11-9-17(25)10-12-19)23(20)16-3-2-4-18(26)13-16/h2-13,23H,1H3,(H,27,28)/t23-/m1/s1. The van der Waals surface area contributed by atoms with E-state index in [1.54, 1.807) is 35.2 Å². The first-order valence-electron chi connectivity index (χ1n) is 9.53. The number of carbonyl (C=O) groups excluding carboxylic acids is 1. The maximum Gasteiger partial charge on any atom is 0.277 e. The third kappa shape index (κ3) is 2.99. The minimum absolute atomic E-state index is 0.215. The summed E-state index contributed by atoms with van der Waals surface area (Å²) in [5.41, 5.74) is 5.21. The molecule has 6 heteroatoms. The van der Waals surface area contributed by atoms with Crippen LogP contribution in [0.1, 0.15) is 33.2 Å². The van der Waals surface area contributed by atoms with E-state index in [9.17, 15) is 9.18 Å². The van der Waals surface area contributed by atoms with Crippen molar-refractivity contribution in [1.29, 1.82) is 0 Å². The van der Waals surface area contributed by atoms with Crippen molar-refractivity contribution < 1.29 is 9.18 Å². The van der Waals surface area contributed by atoms with Crippen LogP contribution in [0.3, 0.4) is 0 Å². The molecule has 1 aliphatic heterocycles. The summed E-state index contributed by atoms with van der Waals surface area (Å²) in [5, 5.41) is 7.93. The van der Waals surface area contributed by atoms with E-state index in [1.165, 1.54) is 12.1 Å². The summed E-state index contributed by atoms with van der Waals surface area (Å²) in [5.74, 6) is -0.572. The number of hydrogen-bond acceptors (Lipinski definition) is 2. The summed E-state index contributed by atoms with van der Waals surface area (Å²) in [7, 11) is 0. The molecule has 0 fully saturated rings. The Bertz CT molecular complexity index is 1250. The molecule has 0 radical (unpaired) electrons. The van der Waals surface area contributed by atoms with Gasteiger partial charge in [-0.3, -0.25) is 14.8 Å². The van der Waals surface area contributed by atoms with Crippen molar-refractivity contribution in [2.45, 2.75) is 13.0 Å². The number of aryl methyl sites for hydroxylation is 1. The molecule has 4 aromatic rings. The van der Waals surface area contributed by atoms with E-state index in [0.717, 1.165) is 16.7 Å². The summed E-state index contributed by atoms with van der Waals surface area (Å²) < 4.78 is 14.1. The number of carbonyl (C=O) groups is 1. The van der Waals surface area contributed by atoms with Crippen LogP contribution in [0.2, 0.25) is 5.02 Å². The quantitative estimate of drug-likeness (QED) is 0.449. The number of rotatable bonds is 3. The molecule has 1 aliphatic rings. The van der Waals surface area contributed by atoms with Gasteiger partial charge in [-0.2, -0.15) is 5.10 Å². The molecule has 148 valence electrons. The Labute approximate surface area is 177 Å². The van der Waals surface area contributed by atoms with Crippen LogP contribution in [-0.2, 0) is 0 Å². The second kappa shape index (κ2) is 7.11. The molecule has 1 amide bonds. The first kappa shape index (κ1) is 18.6. The average molecular weight is 418 g/mol. The van der Waals surface area contributed by atoms with E-state index in [2.05, 4.69) is 10.2 Å². The van der Waals surface area contributed by atoms with Crippen molar-refractivity contribution in [3.8, 4) is 11.3 Å². The summed E-state index contributed by atoms with van der Waals surface area (Å²) in [6.45, 7) is 2.01. The van der Waals surface area contributed by atoms with Gasteiger partial charge in [-0.25, -0.2) is 4.39 Å². The Hall–Kier alpha value is -3.44. The molecule has 30 heavy (non-hydrogen) atoms. The number of fused-ring (bicyclic) bond motifs is 1. The molecule has 4 nitrogen and oxygen atoms in total. The van der Waals surface area contributed by atoms with Gasteiger partial charge in [0.05, 0.1) is 11.7 Å². The number of aromatic amines is 1. The Kier molecular flexibility index (Phi) is 4.40. The van der Waals surface area contributed by atoms with Gasteiger partial charge in [-0.05, 0) is 48.9 Å². The second-order valence-corrected chi connectivity index (χ2v) is 7.77. The first-order chi connectivity index (χ1) is 14.5. The fraction of sp³-hybridized carbons (Fsp3) is 0.0833. The molecule has 5 rings (SSSR count). The Balaban J connectivity index is 1.72. The van der Waals surface area contributed by atoms with Gasteiger partial charge >= 0.3 is 0 Å². The second-order valence-electron chi connectivity index (χ2n) is 7.34. The molecule has 0 saturated heterocycles. The van der Waals surface area contributed by atoms with Gasteiger partial charge in [-0.15, -0.1) is 0 Å². The highest BCUT2D eigenvalue weighted by molar-refractivity contribution is 6.30. The SMILES string of the molecule is Cc1ccc(-c2n[nH]c3c2[C@@H](c2cccc(F)c2)N(c2ccc(Cl)cc2)C3=O)cc1. The summed E-state index contributed by atoms with van der Waals surface area (Å²) in [6.07, 6.45) is 0. The Morgan fingerprint density at radius 3 is 2.47 bits per heavy atom. The van der Waals surface area contributed by atoms with E-state index >= 15 is 0 Å². The number of aromatic nitrogens is 2. The van der Waals surface area contributed by atoms with Gasteiger partial charge in [0, 0.05) is 21.8 Å². The summed E-state index contributed by atoms with van der Waals surface area (Å²) in [6, 6.07) is 20.8. The molecular formula is C24H17ClFN3O. The molecule has 0 saturated carbocycles. The third-order valence-corrected chi connectivity index (χ3v) is 5.61. The predicted octanol–water partition coefficient (Wildman–Crippen LogP) is 5.93. The number of H-pyrrole nitrogens is 1. The van der Waals surface area contributed by atoms with Crippen LogP contribution in [0.4, 0.5) is 10.1 Å². The van der Waals surface area contributed by atoms with Crippen molar-refractivity contribution >= 4 is 23.2 Å². The number of anilines is 1. The van der Waals surface area contributed by atoms with E-state index in [1.807, 2.05) is 37.3 Å². The van der Waals surface area contributed by atoms with Crippen molar-refractivity contribution in [3.05, 3.63) is 106 Å². The zero-order chi connectivity index (χ0) is 20.8. The number of halogens is 2. The summed E-state index contributed by atoms with van der Waals surface area (Å²) in [4.78, 5) is 15.0. The van der Waals surface area contributed by atoms with E-state index in [0.29, 0.717) is 27.7 Å². The van der Waals surface area contributed by atoms with Gasteiger partial charge in [0.1, 0.15) is 11.5 Å². The van der Waals surface area contributed by atoms with Crippen LogP contribution < -0.4 is 4.90 Å². The highest BCUT2D eigenvalue weighted by Gasteiger charge is 2.43. The number of amides is 1. The number of benzene rings is 3. The van der Waals surface area contributed by atoms with E-state index in [4.69, 9.17) is 11.6 Å². The molecule has 1 atom stereocenters. The van der Waals surface area contributed by atoms with Crippen LogP contribution in [0.15, 0.2) is 72.8 Å². The molecule has 1 N–H and O–H groups in total. The smallest absolute Gasteiger partial charge is 0.277 e. The number of nitrogens with zero attached hydrogens (tertiary/aromatic N) is 2. The number of hydrogen-bond donors (Lipinski definition) is 1. The van der Waals surface area contributed by atoms with Gasteiger partial charge in [0.15, 0.2) is 0 Å². The molecule has 2 heterocycles. The molecule has 1 aromatic heterocycles. The monoisotopic (exact) mass is 417 g/mol. The molecule has 0 spiro atoms. The zero-order valence-electron chi connectivity index (χ0n) is 16.1. The van der Waals surface area contributed by atoms with Crippen LogP contribution in [0.25, 0.3) is 11.3 Å². The molecule has 0 bridgehead atoms. The Morgan fingerprint density at radius 1 is 1.03 bits per heavy atom. The lowest BCUT2D eigenvalue weighted by Gasteiger charge is -2.26. The minimum Gasteiger partial charge on any atom is -0.295 e. The highest BCUT2D eigenvalue weighted by atomic mass is 35.5. The van der Waals surface area contributed by atoms with Crippen molar-refractivity contribution in [2.24, 2.45) is 0 Å². The van der Waals surface area contributed by atoms with Crippen molar-refractivity contribution in [2.75, 3.05) is 4.90 Å². The van der Waals surface area contributed by atoms with Gasteiger partial charge < -0.3 is 0 Å². The topological polar surface area (TPSA) is 49.0 Å². The lowest BCUT2D eigenvalue weighted by atomic mass is 9.95. The van der Waals surface area contributed by atoms with Gasteiger partial charge in [-0.1, -0.05) is 53.6 Å². The first-order valence-corrected chi connectivity index (χ1v) is 9.90. The zero-order valence-corrected chi connectivity index (χ0v) is 16.8. The highest BCUT2D eigenvalue weighted by Crippen LogP contribution is 2.45. The maximum absolute atomic E-state index is 14.1. The van der Waals surface area contributed by atoms with Crippen LogP contribution in [-0.4, -0.2) is 16.1 Å². The lowest BCUT2D eigenvalue weighted by molar-refractivity contribution is 0.0988. The molecule has 3 aromatic carbocycles. The van der Waals surface area contributed by atoms with Crippen LogP contribution in [0.5, 0.6) is 0 Å². The Morgan fingerprint density at radius 2 is 1.77 bits per heavy atom. The van der Waals surface area contributed by atoms with Crippen molar-refractivity contribution in [3.63, 3.8) is 0 Å². The summed E-state index contributed by atoms with van der Waals surface area (Å²) >= 11 is 6.05. The predicted molar refractivity (Wildman–Crippen MR) is 115 cm³/mol. The average Bonchev–Trinajstić information content (AvgIpc) is 3.28. The minimum atomic E-state index is -0.514. The lowest BCUT2D eigenvalue weighted by Crippen LogP contribution is -2.29. The molecule has 0 aliphatic carbocycles. The van der Waals surface area contributed by atoms with Gasteiger partial charge in [0.25, 0.3) is 5.91 Å². The fourth-order valence-electron chi connectivity index (χ4n) is 3.94. The largest absolute Gasteiger partial charge is 0.295 e. The van der Waals surface area contributed by atoms with E-state index < -0.39 is 6.04 Å². The van der Waals surface area contributed by atoms with Gasteiger partial charge in [0.2, 0.25) is 0 Å². The maximum atomic E-state index is 14.1. The van der Waals surface area contributed by atoms with Crippen LogP contribution in [0, 0.1) is 12.7 Å².